The lowest BCUT2D eigenvalue weighted by molar-refractivity contribution is -0.149. The molecule has 0 aromatic rings. The predicted molar refractivity (Wildman–Crippen MR) is 77.2 cm³/mol. The zero-order chi connectivity index (χ0) is 14.6. The van der Waals surface area contributed by atoms with Gasteiger partial charge in [-0.25, -0.2) is 8.42 Å². The van der Waals surface area contributed by atoms with Gasteiger partial charge in [-0.2, -0.15) is 0 Å². The molecule has 2 unspecified atom stereocenters. The van der Waals surface area contributed by atoms with Crippen molar-refractivity contribution in [2.24, 2.45) is 5.92 Å². The topological polar surface area (TPSA) is 72.5 Å². The number of rotatable bonds is 4. The number of ether oxygens (including phenoxy) is 1. The zero-order valence-corrected chi connectivity index (χ0v) is 13.0. The Bertz CT molecular complexity index is 420. The first kappa shape index (κ1) is 15.8. The van der Waals surface area contributed by atoms with E-state index in [-0.39, 0.29) is 17.9 Å². The lowest BCUT2D eigenvalue weighted by Crippen LogP contribution is -2.45. The van der Waals surface area contributed by atoms with Gasteiger partial charge >= 0.3 is 5.97 Å². The molecule has 2 fully saturated rings. The summed E-state index contributed by atoms with van der Waals surface area (Å²) in [5.74, 6) is 0.510. The van der Waals surface area contributed by atoms with Gasteiger partial charge in [0, 0.05) is 12.1 Å². The van der Waals surface area contributed by atoms with Crippen LogP contribution in [0.4, 0.5) is 0 Å². The van der Waals surface area contributed by atoms with Crippen molar-refractivity contribution in [1.82, 2.24) is 5.32 Å². The van der Waals surface area contributed by atoms with Crippen LogP contribution in [0.3, 0.4) is 0 Å². The normalized spacial score (nSPS) is 30.9. The highest BCUT2D eigenvalue weighted by Crippen LogP contribution is 2.26. The van der Waals surface area contributed by atoms with Gasteiger partial charge in [0.05, 0.1) is 24.0 Å². The van der Waals surface area contributed by atoms with Crippen LogP contribution in [0.1, 0.15) is 45.4 Å². The Balaban J connectivity index is 1.80. The molecule has 1 aliphatic heterocycles. The van der Waals surface area contributed by atoms with Crippen molar-refractivity contribution in [3.05, 3.63) is 0 Å². The van der Waals surface area contributed by atoms with Gasteiger partial charge in [-0.1, -0.05) is 6.42 Å². The van der Waals surface area contributed by atoms with Crippen LogP contribution in [0.2, 0.25) is 0 Å². The first-order valence-corrected chi connectivity index (χ1v) is 9.45. The van der Waals surface area contributed by atoms with Gasteiger partial charge in [0.1, 0.15) is 9.84 Å². The van der Waals surface area contributed by atoms with E-state index in [1.807, 2.05) is 6.92 Å². The molecule has 1 saturated carbocycles. The standard InChI is InChI=1S/C14H25NO4S/c1-2-19-14(16)11-4-3-5-13(10-11)15-12-6-8-20(17,18)9-7-12/h11-13,15H,2-10H2,1H3. The molecular formula is C14H25NO4S. The first-order chi connectivity index (χ1) is 9.50. The molecule has 2 rings (SSSR count). The second-order valence-corrected chi connectivity index (χ2v) is 8.21. The van der Waals surface area contributed by atoms with Crippen LogP contribution in [0.15, 0.2) is 0 Å². The molecule has 1 N–H and O–H groups in total. The van der Waals surface area contributed by atoms with Gasteiger partial charge in [0.25, 0.3) is 0 Å². The van der Waals surface area contributed by atoms with Crippen molar-refractivity contribution in [1.29, 1.82) is 0 Å². The molecular weight excluding hydrogens is 278 g/mol. The summed E-state index contributed by atoms with van der Waals surface area (Å²) in [6.07, 6.45) is 5.23. The summed E-state index contributed by atoms with van der Waals surface area (Å²) in [4.78, 5) is 11.8. The van der Waals surface area contributed by atoms with Gasteiger partial charge in [0.15, 0.2) is 0 Å². The molecule has 0 radical (unpaired) electrons. The van der Waals surface area contributed by atoms with Crippen LogP contribution in [0.5, 0.6) is 0 Å². The predicted octanol–water partition coefficient (Wildman–Crippen LogP) is 1.28. The molecule has 2 atom stereocenters. The minimum Gasteiger partial charge on any atom is -0.466 e. The molecule has 0 bridgehead atoms. The van der Waals surface area contributed by atoms with Gasteiger partial charge in [-0.15, -0.1) is 0 Å². The number of sulfone groups is 1. The monoisotopic (exact) mass is 303 g/mol. The SMILES string of the molecule is CCOC(=O)C1CCCC(NC2CCS(=O)(=O)CC2)C1. The van der Waals surface area contributed by atoms with Crippen LogP contribution >= 0.6 is 0 Å². The summed E-state index contributed by atoms with van der Waals surface area (Å²) in [5.41, 5.74) is 0. The quantitative estimate of drug-likeness (QED) is 0.792. The highest BCUT2D eigenvalue weighted by atomic mass is 32.2. The van der Waals surface area contributed by atoms with Gasteiger partial charge in [-0.05, 0) is 39.0 Å². The zero-order valence-electron chi connectivity index (χ0n) is 12.1. The Labute approximate surface area is 121 Å². The van der Waals surface area contributed by atoms with E-state index >= 15 is 0 Å². The highest BCUT2D eigenvalue weighted by Gasteiger charge is 2.31. The average molecular weight is 303 g/mol. The molecule has 0 amide bonds. The van der Waals surface area contributed by atoms with E-state index in [4.69, 9.17) is 4.74 Å². The summed E-state index contributed by atoms with van der Waals surface area (Å²) in [5, 5.41) is 3.55. The van der Waals surface area contributed by atoms with Crippen LogP contribution in [0, 0.1) is 5.92 Å². The third kappa shape index (κ3) is 4.45. The molecule has 1 heterocycles. The van der Waals surface area contributed by atoms with Gasteiger partial charge in [0.2, 0.25) is 0 Å². The molecule has 0 aromatic carbocycles. The fourth-order valence-electron chi connectivity index (χ4n) is 3.21. The second-order valence-electron chi connectivity index (χ2n) is 5.91. The Morgan fingerprint density at radius 3 is 2.50 bits per heavy atom. The van der Waals surface area contributed by atoms with E-state index < -0.39 is 9.84 Å². The minimum atomic E-state index is -2.80. The number of carbonyl (C=O) groups excluding carboxylic acids is 1. The maximum atomic E-state index is 11.8. The Kier molecular flexibility index (Phi) is 5.43. The van der Waals surface area contributed by atoms with Crippen molar-refractivity contribution in [2.45, 2.75) is 57.5 Å². The Morgan fingerprint density at radius 1 is 1.15 bits per heavy atom. The summed E-state index contributed by atoms with van der Waals surface area (Å²) < 4.78 is 27.9. The fourth-order valence-corrected chi connectivity index (χ4v) is 4.70. The largest absolute Gasteiger partial charge is 0.466 e. The molecule has 1 aliphatic carbocycles. The van der Waals surface area contributed by atoms with E-state index in [9.17, 15) is 13.2 Å². The lowest BCUT2D eigenvalue weighted by atomic mass is 9.85. The minimum absolute atomic E-state index is 0.00789. The number of esters is 1. The van der Waals surface area contributed by atoms with E-state index in [1.165, 1.54) is 0 Å². The van der Waals surface area contributed by atoms with Crippen LogP contribution < -0.4 is 5.32 Å². The van der Waals surface area contributed by atoms with Crippen molar-refractivity contribution >= 4 is 15.8 Å². The number of hydrogen-bond donors (Lipinski definition) is 1. The molecule has 20 heavy (non-hydrogen) atoms. The molecule has 1 saturated heterocycles. The van der Waals surface area contributed by atoms with Crippen LogP contribution in [-0.4, -0.2) is 44.6 Å². The number of carbonyl (C=O) groups is 1. The van der Waals surface area contributed by atoms with Gasteiger partial charge in [-0.3, -0.25) is 4.79 Å². The smallest absolute Gasteiger partial charge is 0.308 e. The number of nitrogens with one attached hydrogen (secondary N) is 1. The molecule has 116 valence electrons. The van der Waals surface area contributed by atoms with Crippen LogP contribution in [-0.2, 0) is 19.4 Å². The lowest BCUT2D eigenvalue weighted by Gasteiger charge is -2.33. The van der Waals surface area contributed by atoms with E-state index in [0.29, 0.717) is 37.0 Å². The summed E-state index contributed by atoms with van der Waals surface area (Å²) >= 11 is 0. The maximum absolute atomic E-state index is 11.8. The molecule has 6 heteroatoms. The van der Waals surface area contributed by atoms with Crippen molar-refractivity contribution < 1.29 is 17.9 Å². The van der Waals surface area contributed by atoms with E-state index in [2.05, 4.69) is 5.32 Å². The Hall–Kier alpha value is -0.620. The number of hydrogen-bond acceptors (Lipinski definition) is 5. The van der Waals surface area contributed by atoms with Crippen molar-refractivity contribution in [2.75, 3.05) is 18.1 Å². The van der Waals surface area contributed by atoms with Gasteiger partial charge < -0.3 is 10.1 Å². The molecule has 5 nitrogen and oxygen atoms in total. The maximum Gasteiger partial charge on any atom is 0.308 e. The average Bonchev–Trinajstić information content (AvgIpc) is 2.42. The van der Waals surface area contributed by atoms with Crippen molar-refractivity contribution in [3.8, 4) is 0 Å². The first-order valence-electron chi connectivity index (χ1n) is 7.63. The molecule has 0 spiro atoms. The van der Waals surface area contributed by atoms with E-state index in [1.54, 1.807) is 0 Å². The Morgan fingerprint density at radius 2 is 1.85 bits per heavy atom. The third-order valence-electron chi connectivity index (χ3n) is 4.32. The fraction of sp³-hybridized carbons (Fsp3) is 0.929. The third-order valence-corrected chi connectivity index (χ3v) is 6.04. The highest BCUT2D eigenvalue weighted by molar-refractivity contribution is 7.91. The summed E-state index contributed by atoms with van der Waals surface area (Å²) in [6.45, 7) is 2.27. The summed E-state index contributed by atoms with van der Waals surface area (Å²) in [7, 11) is -2.80. The molecule has 0 aromatic heterocycles. The molecule has 2 aliphatic rings. The summed E-state index contributed by atoms with van der Waals surface area (Å²) in [6, 6.07) is 0.605. The van der Waals surface area contributed by atoms with Crippen molar-refractivity contribution in [3.63, 3.8) is 0 Å². The second kappa shape index (κ2) is 6.89. The van der Waals surface area contributed by atoms with Crippen LogP contribution in [0.25, 0.3) is 0 Å². The van der Waals surface area contributed by atoms with E-state index in [0.717, 1.165) is 25.7 Å².